The maximum atomic E-state index is 12.1. The molecule has 1 aliphatic rings. The number of carbonyl (C=O) groups is 1. The first kappa shape index (κ1) is 13.5. The molecule has 0 spiro atoms. The van der Waals surface area contributed by atoms with Crippen molar-refractivity contribution in [2.75, 3.05) is 6.54 Å². The number of carbonyl (C=O) groups excluding carboxylic acids is 1. The Hall–Kier alpha value is -0.530. The predicted molar refractivity (Wildman–Crippen MR) is 68.3 cm³/mol. The quantitative estimate of drug-likeness (QED) is 0.713. The van der Waals surface area contributed by atoms with Crippen LogP contribution in [0.4, 0.5) is 0 Å². The van der Waals surface area contributed by atoms with Gasteiger partial charge in [0.1, 0.15) is 0 Å². The van der Waals surface area contributed by atoms with Gasteiger partial charge in [0.25, 0.3) is 0 Å². The molecule has 94 valence electrons. The zero-order chi connectivity index (χ0) is 12.0. The van der Waals surface area contributed by atoms with Gasteiger partial charge < -0.3 is 5.32 Å². The molecule has 1 N–H and O–H groups in total. The molecule has 0 aromatic carbocycles. The van der Waals surface area contributed by atoms with Crippen molar-refractivity contribution in [3.8, 4) is 0 Å². The molecule has 0 saturated heterocycles. The van der Waals surface area contributed by atoms with Crippen molar-refractivity contribution < 1.29 is 4.79 Å². The Morgan fingerprint density at radius 3 is 2.44 bits per heavy atom. The van der Waals surface area contributed by atoms with Crippen molar-refractivity contribution in [3.05, 3.63) is 0 Å². The summed E-state index contributed by atoms with van der Waals surface area (Å²) in [7, 11) is 0. The number of hydrogen-bond donors (Lipinski definition) is 1. The van der Waals surface area contributed by atoms with Gasteiger partial charge in [-0.25, -0.2) is 0 Å². The highest BCUT2D eigenvalue weighted by atomic mass is 16.2. The van der Waals surface area contributed by atoms with E-state index in [9.17, 15) is 4.79 Å². The lowest BCUT2D eigenvalue weighted by Gasteiger charge is -2.32. The van der Waals surface area contributed by atoms with Crippen LogP contribution in [-0.4, -0.2) is 12.5 Å². The second kappa shape index (κ2) is 6.27. The van der Waals surface area contributed by atoms with E-state index >= 15 is 0 Å². The molecular formula is C14H27NO. The Balaban J connectivity index is 2.23. The third-order valence-corrected chi connectivity index (χ3v) is 3.75. The smallest absolute Gasteiger partial charge is 0.225 e. The van der Waals surface area contributed by atoms with Gasteiger partial charge in [0.15, 0.2) is 0 Å². The number of hydrogen-bond acceptors (Lipinski definition) is 1. The predicted octanol–water partition coefficient (Wildman–Crippen LogP) is 3.51. The molecule has 0 bridgehead atoms. The monoisotopic (exact) mass is 225 g/mol. The Morgan fingerprint density at radius 2 is 1.88 bits per heavy atom. The van der Waals surface area contributed by atoms with Gasteiger partial charge >= 0.3 is 0 Å². The van der Waals surface area contributed by atoms with Crippen LogP contribution in [0.2, 0.25) is 0 Å². The number of nitrogens with one attached hydrogen (secondary N) is 1. The zero-order valence-corrected chi connectivity index (χ0v) is 11.1. The van der Waals surface area contributed by atoms with E-state index in [2.05, 4.69) is 26.1 Å². The third-order valence-electron chi connectivity index (χ3n) is 3.75. The van der Waals surface area contributed by atoms with Crippen LogP contribution in [0.25, 0.3) is 0 Å². The Morgan fingerprint density at radius 1 is 1.25 bits per heavy atom. The minimum atomic E-state index is -0.0733. The third kappa shape index (κ3) is 4.15. The topological polar surface area (TPSA) is 29.1 Å². The van der Waals surface area contributed by atoms with Gasteiger partial charge in [0, 0.05) is 12.0 Å². The molecule has 2 heteroatoms. The van der Waals surface area contributed by atoms with Gasteiger partial charge in [0.2, 0.25) is 5.91 Å². The van der Waals surface area contributed by atoms with Gasteiger partial charge in [-0.2, -0.15) is 0 Å². The Bertz CT molecular complexity index is 217. The molecule has 1 saturated carbocycles. The lowest BCUT2D eigenvalue weighted by molar-refractivity contribution is -0.131. The number of rotatable bonds is 5. The second-order valence-corrected chi connectivity index (χ2v) is 5.91. The summed E-state index contributed by atoms with van der Waals surface area (Å²) in [4.78, 5) is 12.1. The molecule has 0 aromatic rings. The van der Waals surface area contributed by atoms with Crippen molar-refractivity contribution in [2.45, 2.75) is 65.7 Å². The van der Waals surface area contributed by atoms with E-state index in [0.29, 0.717) is 0 Å². The number of amides is 1. The largest absolute Gasteiger partial charge is 0.356 e. The van der Waals surface area contributed by atoms with E-state index in [-0.39, 0.29) is 11.3 Å². The summed E-state index contributed by atoms with van der Waals surface area (Å²) in [6.07, 6.45) is 8.20. The molecule has 1 amide bonds. The molecule has 0 aromatic heterocycles. The fourth-order valence-corrected chi connectivity index (χ4v) is 2.48. The van der Waals surface area contributed by atoms with Gasteiger partial charge in [-0.15, -0.1) is 0 Å². The Labute approximate surface area is 100 Å². The van der Waals surface area contributed by atoms with Crippen LogP contribution < -0.4 is 5.32 Å². The van der Waals surface area contributed by atoms with Crippen LogP contribution in [0.3, 0.4) is 0 Å². The minimum absolute atomic E-state index is 0.0733. The van der Waals surface area contributed by atoms with Crippen LogP contribution in [0.5, 0.6) is 0 Å². The molecule has 0 radical (unpaired) electrons. The first-order chi connectivity index (χ1) is 7.54. The standard InChI is InChI=1S/C14H27NO/c1-12(2)8-7-11-15-13(16)14(3)9-5-4-6-10-14/h12H,4-11H2,1-3H3,(H,15,16). The van der Waals surface area contributed by atoms with Crippen LogP contribution in [0.1, 0.15) is 65.7 Å². The van der Waals surface area contributed by atoms with Gasteiger partial charge in [-0.1, -0.05) is 40.0 Å². The normalized spacial score (nSPS) is 19.8. The van der Waals surface area contributed by atoms with Crippen LogP contribution >= 0.6 is 0 Å². The molecule has 1 fully saturated rings. The van der Waals surface area contributed by atoms with Crippen molar-refractivity contribution in [1.29, 1.82) is 0 Å². The van der Waals surface area contributed by atoms with E-state index < -0.39 is 0 Å². The van der Waals surface area contributed by atoms with E-state index in [4.69, 9.17) is 0 Å². The average Bonchev–Trinajstić information content (AvgIpc) is 2.25. The van der Waals surface area contributed by atoms with Gasteiger partial charge in [-0.3, -0.25) is 4.79 Å². The van der Waals surface area contributed by atoms with E-state index in [0.717, 1.165) is 31.7 Å². The van der Waals surface area contributed by atoms with E-state index in [1.165, 1.54) is 25.7 Å². The molecule has 1 aliphatic carbocycles. The van der Waals surface area contributed by atoms with Crippen molar-refractivity contribution in [1.82, 2.24) is 5.32 Å². The van der Waals surface area contributed by atoms with Gasteiger partial charge in [0.05, 0.1) is 0 Å². The highest BCUT2D eigenvalue weighted by Gasteiger charge is 2.33. The van der Waals surface area contributed by atoms with Crippen LogP contribution in [0.15, 0.2) is 0 Å². The second-order valence-electron chi connectivity index (χ2n) is 5.91. The molecule has 1 rings (SSSR count). The SMILES string of the molecule is CC(C)CCCNC(=O)C1(C)CCCCC1. The summed E-state index contributed by atoms with van der Waals surface area (Å²) in [6, 6.07) is 0. The summed E-state index contributed by atoms with van der Waals surface area (Å²) in [6.45, 7) is 7.44. The maximum Gasteiger partial charge on any atom is 0.225 e. The highest BCUT2D eigenvalue weighted by Crippen LogP contribution is 2.35. The molecule has 0 atom stereocenters. The summed E-state index contributed by atoms with van der Waals surface area (Å²) >= 11 is 0. The highest BCUT2D eigenvalue weighted by molar-refractivity contribution is 5.82. The summed E-state index contributed by atoms with van der Waals surface area (Å²) < 4.78 is 0. The molecule has 0 aliphatic heterocycles. The average molecular weight is 225 g/mol. The lowest BCUT2D eigenvalue weighted by atomic mass is 9.75. The summed E-state index contributed by atoms with van der Waals surface area (Å²) in [5.41, 5.74) is -0.0733. The van der Waals surface area contributed by atoms with Crippen molar-refractivity contribution in [2.24, 2.45) is 11.3 Å². The minimum Gasteiger partial charge on any atom is -0.356 e. The van der Waals surface area contributed by atoms with Gasteiger partial charge in [-0.05, 0) is 31.6 Å². The van der Waals surface area contributed by atoms with E-state index in [1.807, 2.05) is 0 Å². The summed E-state index contributed by atoms with van der Waals surface area (Å²) in [5, 5.41) is 3.11. The van der Waals surface area contributed by atoms with Crippen LogP contribution in [-0.2, 0) is 4.79 Å². The maximum absolute atomic E-state index is 12.1. The lowest BCUT2D eigenvalue weighted by Crippen LogP contribution is -2.40. The molecular weight excluding hydrogens is 198 g/mol. The van der Waals surface area contributed by atoms with Crippen molar-refractivity contribution in [3.63, 3.8) is 0 Å². The fourth-order valence-electron chi connectivity index (χ4n) is 2.48. The molecule has 2 nitrogen and oxygen atoms in total. The van der Waals surface area contributed by atoms with Crippen molar-refractivity contribution >= 4 is 5.91 Å². The first-order valence-corrected chi connectivity index (χ1v) is 6.83. The summed E-state index contributed by atoms with van der Waals surface area (Å²) in [5.74, 6) is 1.03. The zero-order valence-electron chi connectivity index (χ0n) is 11.1. The Kier molecular flexibility index (Phi) is 5.30. The molecule has 16 heavy (non-hydrogen) atoms. The van der Waals surface area contributed by atoms with Crippen LogP contribution in [0, 0.1) is 11.3 Å². The van der Waals surface area contributed by atoms with E-state index in [1.54, 1.807) is 0 Å². The molecule has 0 unspecified atom stereocenters. The fraction of sp³-hybridized carbons (Fsp3) is 0.929. The molecule has 0 heterocycles. The first-order valence-electron chi connectivity index (χ1n) is 6.83.